The minimum absolute atomic E-state index is 0.122. The van der Waals surface area contributed by atoms with Gasteiger partial charge in [0.1, 0.15) is 10.8 Å². The van der Waals surface area contributed by atoms with Crippen LogP contribution in [0.4, 0.5) is 5.00 Å². The van der Waals surface area contributed by atoms with Crippen LogP contribution in [0.25, 0.3) is 0 Å². The van der Waals surface area contributed by atoms with Crippen LogP contribution in [0.5, 0.6) is 5.75 Å². The molecule has 0 saturated heterocycles. The van der Waals surface area contributed by atoms with Gasteiger partial charge >= 0.3 is 5.97 Å². The normalized spacial score (nSPS) is 13.2. The van der Waals surface area contributed by atoms with E-state index in [-0.39, 0.29) is 37.4 Å². The average molecular weight is 614 g/mol. The second kappa shape index (κ2) is 15.2. The smallest absolute Gasteiger partial charge is 0.341 e. The Kier molecular flexibility index (Phi) is 11.4. The van der Waals surface area contributed by atoms with Crippen molar-refractivity contribution in [1.82, 2.24) is 20.1 Å². The summed E-state index contributed by atoms with van der Waals surface area (Å²) in [5, 5.41) is 15.3. The van der Waals surface area contributed by atoms with Crippen LogP contribution in [0.3, 0.4) is 0 Å². The SMILES string of the molecule is CCCCn1c(CNC(=O)Cc2ccc(OC)cc2)nnc1S[C@@H](C)C(=O)Nc1sc2c(c1C(=O)OCC)CCCC2. The molecule has 0 bridgehead atoms. The summed E-state index contributed by atoms with van der Waals surface area (Å²) >= 11 is 2.79. The predicted octanol–water partition coefficient (Wildman–Crippen LogP) is 5.18. The summed E-state index contributed by atoms with van der Waals surface area (Å²) in [6.07, 6.45) is 5.95. The molecule has 2 aromatic heterocycles. The fourth-order valence-corrected chi connectivity index (χ4v) is 6.92. The first-order chi connectivity index (χ1) is 20.3. The Morgan fingerprint density at radius 2 is 1.88 bits per heavy atom. The molecule has 10 nitrogen and oxygen atoms in total. The molecule has 4 rings (SSSR count). The van der Waals surface area contributed by atoms with E-state index in [2.05, 4.69) is 27.8 Å². The van der Waals surface area contributed by atoms with Crippen LogP contribution in [0.2, 0.25) is 0 Å². The number of carbonyl (C=O) groups is 3. The van der Waals surface area contributed by atoms with E-state index in [1.807, 2.05) is 35.8 Å². The number of thiophene rings is 1. The van der Waals surface area contributed by atoms with Crippen LogP contribution in [0, 0.1) is 0 Å². The number of aryl methyl sites for hydroxylation is 1. The van der Waals surface area contributed by atoms with E-state index in [9.17, 15) is 14.4 Å². The van der Waals surface area contributed by atoms with Gasteiger partial charge in [0.15, 0.2) is 11.0 Å². The van der Waals surface area contributed by atoms with E-state index in [0.29, 0.717) is 28.1 Å². The summed E-state index contributed by atoms with van der Waals surface area (Å²) in [5.41, 5.74) is 2.40. The second-order valence-corrected chi connectivity index (χ2v) is 12.5. The Morgan fingerprint density at radius 1 is 1.12 bits per heavy atom. The molecule has 0 radical (unpaired) electrons. The van der Waals surface area contributed by atoms with Gasteiger partial charge in [0, 0.05) is 11.4 Å². The molecule has 1 aliphatic carbocycles. The number of unbranched alkanes of at least 4 members (excludes halogenated alkanes) is 1. The summed E-state index contributed by atoms with van der Waals surface area (Å²) in [6, 6.07) is 7.39. The van der Waals surface area contributed by atoms with Gasteiger partial charge in [-0.1, -0.05) is 37.2 Å². The lowest BCUT2D eigenvalue weighted by Crippen LogP contribution is -2.26. The number of esters is 1. The van der Waals surface area contributed by atoms with E-state index in [0.717, 1.165) is 60.3 Å². The van der Waals surface area contributed by atoms with Crippen LogP contribution in [0.15, 0.2) is 29.4 Å². The molecule has 2 N–H and O–H groups in total. The summed E-state index contributed by atoms with van der Waals surface area (Å²) in [6.45, 7) is 6.88. The summed E-state index contributed by atoms with van der Waals surface area (Å²) in [7, 11) is 1.61. The standard InChI is InChI=1S/C30H39N5O5S2/c1-5-7-16-35-24(18-31-25(36)17-20-12-14-21(39-4)15-13-20)33-34-30(35)41-19(3)27(37)32-28-26(29(38)40-6-2)22-10-8-9-11-23(22)42-28/h12-15,19H,5-11,16-18H2,1-4H3,(H,31,36)(H,32,37)/t19-/m0/s1. The quantitative estimate of drug-likeness (QED) is 0.188. The number of nitrogens with one attached hydrogen (secondary N) is 2. The molecule has 0 aliphatic heterocycles. The maximum absolute atomic E-state index is 13.3. The van der Waals surface area contributed by atoms with Gasteiger partial charge in [-0.05, 0) is 69.2 Å². The molecule has 12 heteroatoms. The third-order valence-electron chi connectivity index (χ3n) is 7.04. The number of nitrogens with zero attached hydrogens (tertiary/aromatic N) is 3. The van der Waals surface area contributed by atoms with Crippen LogP contribution in [-0.2, 0) is 46.7 Å². The molecule has 0 fully saturated rings. The average Bonchev–Trinajstić information content (AvgIpc) is 3.55. The zero-order chi connectivity index (χ0) is 30.1. The largest absolute Gasteiger partial charge is 0.497 e. The Hall–Kier alpha value is -3.38. The molecular weight excluding hydrogens is 574 g/mol. The number of methoxy groups -OCH3 is 1. The molecule has 42 heavy (non-hydrogen) atoms. The third kappa shape index (κ3) is 7.91. The monoisotopic (exact) mass is 613 g/mol. The number of carbonyl (C=O) groups excluding carboxylic acids is 3. The highest BCUT2D eigenvalue weighted by molar-refractivity contribution is 8.00. The Bertz CT molecular complexity index is 1390. The Labute approximate surface area is 255 Å². The first kappa shape index (κ1) is 31.6. The highest BCUT2D eigenvalue weighted by atomic mass is 32.2. The van der Waals surface area contributed by atoms with Crippen molar-refractivity contribution < 1.29 is 23.9 Å². The van der Waals surface area contributed by atoms with Crippen molar-refractivity contribution >= 4 is 45.9 Å². The van der Waals surface area contributed by atoms with Crippen molar-refractivity contribution in [3.63, 3.8) is 0 Å². The highest BCUT2D eigenvalue weighted by Gasteiger charge is 2.29. The number of benzene rings is 1. The number of amides is 2. The lowest BCUT2D eigenvalue weighted by atomic mass is 9.95. The summed E-state index contributed by atoms with van der Waals surface area (Å²) in [5.74, 6) is 0.652. The second-order valence-electron chi connectivity index (χ2n) is 10.1. The number of thioether (sulfide) groups is 1. The number of anilines is 1. The van der Waals surface area contributed by atoms with Crippen molar-refractivity contribution in [2.45, 2.75) is 89.2 Å². The molecule has 0 spiro atoms. The maximum Gasteiger partial charge on any atom is 0.341 e. The van der Waals surface area contributed by atoms with Crippen molar-refractivity contribution in [2.24, 2.45) is 0 Å². The van der Waals surface area contributed by atoms with Crippen LogP contribution in [-0.4, -0.2) is 51.5 Å². The fraction of sp³-hybridized carbons (Fsp3) is 0.500. The Morgan fingerprint density at radius 3 is 2.60 bits per heavy atom. The third-order valence-corrected chi connectivity index (χ3v) is 9.32. The topological polar surface area (TPSA) is 124 Å². The number of fused-ring (bicyclic) bond motifs is 1. The molecule has 1 atom stereocenters. The minimum atomic E-state index is -0.499. The van der Waals surface area contributed by atoms with Crippen molar-refractivity contribution in [1.29, 1.82) is 0 Å². The summed E-state index contributed by atoms with van der Waals surface area (Å²) < 4.78 is 12.5. The molecule has 2 amide bonds. The van der Waals surface area contributed by atoms with Gasteiger partial charge in [0.05, 0.1) is 37.5 Å². The van der Waals surface area contributed by atoms with Gasteiger partial charge in [0.25, 0.3) is 0 Å². The molecule has 0 saturated carbocycles. The van der Waals surface area contributed by atoms with E-state index in [4.69, 9.17) is 9.47 Å². The predicted molar refractivity (Wildman–Crippen MR) is 164 cm³/mol. The lowest BCUT2D eigenvalue weighted by molar-refractivity contribution is -0.120. The van der Waals surface area contributed by atoms with Gasteiger partial charge in [-0.25, -0.2) is 4.79 Å². The highest BCUT2D eigenvalue weighted by Crippen LogP contribution is 2.39. The lowest BCUT2D eigenvalue weighted by Gasteiger charge is -2.14. The van der Waals surface area contributed by atoms with Crippen molar-refractivity contribution in [2.75, 3.05) is 19.0 Å². The van der Waals surface area contributed by atoms with Crippen molar-refractivity contribution in [3.05, 3.63) is 51.7 Å². The molecule has 1 aliphatic rings. The van der Waals surface area contributed by atoms with Gasteiger partial charge in [0.2, 0.25) is 11.8 Å². The van der Waals surface area contributed by atoms with Gasteiger partial charge in [-0.2, -0.15) is 0 Å². The molecule has 0 unspecified atom stereocenters. The minimum Gasteiger partial charge on any atom is -0.497 e. The maximum atomic E-state index is 13.3. The molecule has 2 heterocycles. The molecule has 3 aromatic rings. The van der Waals surface area contributed by atoms with E-state index >= 15 is 0 Å². The van der Waals surface area contributed by atoms with Crippen LogP contribution < -0.4 is 15.4 Å². The molecule has 226 valence electrons. The van der Waals surface area contributed by atoms with Gasteiger partial charge in [-0.3, -0.25) is 9.59 Å². The molecule has 1 aromatic carbocycles. The van der Waals surface area contributed by atoms with Gasteiger partial charge < -0.3 is 24.7 Å². The van der Waals surface area contributed by atoms with E-state index in [1.165, 1.54) is 23.1 Å². The van der Waals surface area contributed by atoms with E-state index < -0.39 is 5.25 Å². The van der Waals surface area contributed by atoms with Crippen LogP contribution >= 0.6 is 23.1 Å². The zero-order valence-corrected chi connectivity index (χ0v) is 26.3. The van der Waals surface area contributed by atoms with E-state index in [1.54, 1.807) is 14.0 Å². The van der Waals surface area contributed by atoms with Crippen molar-refractivity contribution in [3.8, 4) is 5.75 Å². The first-order valence-corrected chi connectivity index (χ1v) is 16.1. The number of hydrogen-bond donors (Lipinski definition) is 2. The first-order valence-electron chi connectivity index (χ1n) is 14.4. The number of rotatable bonds is 14. The van der Waals surface area contributed by atoms with Crippen LogP contribution in [0.1, 0.15) is 78.6 Å². The summed E-state index contributed by atoms with van der Waals surface area (Å²) in [4.78, 5) is 39.9. The zero-order valence-electron chi connectivity index (χ0n) is 24.7. The number of ether oxygens (including phenoxy) is 2. The van der Waals surface area contributed by atoms with Gasteiger partial charge in [-0.15, -0.1) is 21.5 Å². The molecular formula is C30H39N5O5S2. The fourth-order valence-electron chi connectivity index (χ4n) is 4.74. The number of hydrogen-bond acceptors (Lipinski definition) is 9. The number of aromatic nitrogens is 3. The Balaban J connectivity index is 1.42.